The summed E-state index contributed by atoms with van der Waals surface area (Å²) in [5, 5.41) is 2.86. The van der Waals surface area contributed by atoms with Crippen molar-refractivity contribution in [2.75, 3.05) is 13.2 Å². The van der Waals surface area contributed by atoms with Crippen molar-refractivity contribution in [2.24, 2.45) is 10.9 Å². The van der Waals surface area contributed by atoms with E-state index in [2.05, 4.69) is 22.3 Å². The molecule has 1 N–H and O–H groups in total. The maximum absolute atomic E-state index is 13.0. The molecule has 0 aliphatic carbocycles. The molecule has 0 radical (unpaired) electrons. The van der Waals surface area contributed by atoms with Gasteiger partial charge in [-0.25, -0.2) is 4.99 Å². The predicted molar refractivity (Wildman–Crippen MR) is 110 cm³/mol. The Labute approximate surface area is 170 Å². The first-order chi connectivity index (χ1) is 14.1. The maximum Gasteiger partial charge on any atom is 0.321 e. The van der Waals surface area contributed by atoms with Gasteiger partial charge in [-0.05, 0) is 42.5 Å². The second-order valence-electron chi connectivity index (χ2n) is 7.41. The van der Waals surface area contributed by atoms with E-state index in [1.54, 1.807) is 6.92 Å². The van der Waals surface area contributed by atoms with Crippen LogP contribution in [0, 0.1) is 12.8 Å². The highest BCUT2D eigenvalue weighted by molar-refractivity contribution is 6.08. The van der Waals surface area contributed by atoms with Gasteiger partial charge < -0.3 is 9.64 Å². The zero-order valence-corrected chi connectivity index (χ0v) is 16.7. The van der Waals surface area contributed by atoms with Gasteiger partial charge in [-0.2, -0.15) is 0 Å². The van der Waals surface area contributed by atoms with Crippen molar-refractivity contribution >= 4 is 17.8 Å². The number of hydrogen-bond acceptors (Lipinski definition) is 5. The van der Waals surface area contributed by atoms with Gasteiger partial charge in [0.1, 0.15) is 6.04 Å². The molecule has 0 unspecified atom stereocenters. The van der Waals surface area contributed by atoms with Crippen LogP contribution in [0.2, 0.25) is 0 Å². The quantitative estimate of drug-likeness (QED) is 0.645. The number of carbonyl (C=O) groups is 2. The van der Waals surface area contributed by atoms with Crippen molar-refractivity contribution in [1.82, 2.24) is 10.2 Å². The zero-order valence-electron chi connectivity index (χ0n) is 16.7. The summed E-state index contributed by atoms with van der Waals surface area (Å²) in [4.78, 5) is 32.5. The predicted octanol–water partition coefficient (Wildman–Crippen LogP) is 2.76. The van der Waals surface area contributed by atoms with Crippen molar-refractivity contribution in [2.45, 2.75) is 32.9 Å². The summed E-state index contributed by atoms with van der Waals surface area (Å²) in [7, 11) is 0. The highest BCUT2D eigenvalue weighted by Crippen LogP contribution is 2.33. The first-order valence-electron chi connectivity index (χ1n) is 10.0. The van der Waals surface area contributed by atoms with Crippen molar-refractivity contribution in [3.8, 4) is 0 Å². The van der Waals surface area contributed by atoms with E-state index in [-0.39, 0.29) is 12.5 Å². The number of nitrogens with one attached hydrogen (secondary N) is 1. The van der Waals surface area contributed by atoms with Gasteiger partial charge in [-0.1, -0.05) is 48.5 Å². The highest BCUT2D eigenvalue weighted by Gasteiger charge is 2.42. The number of carbonyl (C=O) groups excluding carboxylic acids is 2. The minimum absolute atomic E-state index is 0.225. The molecule has 2 aromatic rings. The van der Waals surface area contributed by atoms with E-state index < -0.39 is 17.9 Å². The van der Waals surface area contributed by atoms with Crippen LogP contribution in [-0.4, -0.2) is 35.9 Å². The largest absolute Gasteiger partial charge is 0.465 e. The van der Waals surface area contributed by atoms with Gasteiger partial charge >= 0.3 is 5.97 Å². The minimum atomic E-state index is -0.989. The van der Waals surface area contributed by atoms with Crippen LogP contribution in [0.4, 0.5) is 0 Å². The van der Waals surface area contributed by atoms with Crippen LogP contribution in [-0.2, 0) is 27.3 Å². The number of aryl methyl sites for hydroxylation is 1. The Balaban J connectivity index is 1.70. The van der Waals surface area contributed by atoms with Crippen LogP contribution in [0.1, 0.15) is 35.2 Å². The molecule has 0 spiro atoms. The molecule has 6 nitrogen and oxygen atoms in total. The fourth-order valence-corrected chi connectivity index (χ4v) is 4.04. The van der Waals surface area contributed by atoms with Crippen LogP contribution < -0.4 is 5.32 Å². The minimum Gasteiger partial charge on any atom is -0.465 e. The molecule has 0 saturated carbocycles. The van der Waals surface area contributed by atoms with Gasteiger partial charge in [0.25, 0.3) is 0 Å². The molecule has 150 valence electrons. The Bertz CT molecular complexity index is 969. The lowest BCUT2D eigenvalue weighted by molar-refractivity contribution is -0.153. The summed E-state index contributed by atoms with van der Waals surface area (Å²) in [6.07, 6.45) is 0.890. The number of hydrogen-bond donors (Lipinski definition) is 1. The normalized spacial score (nSPS) is 21.1. The first-order valence-corrected chi connectivity index (χ1v) is 10.0. The molecule has 2 atom stereocenters. The number of amides is 1. The van der Waals surface area contributed by atoms with Crippen LogP contribution in [0.5, 0.6) is 0 Å². The van der Waals surface area contributed by atoms with Crippen molar-refractivity contribution < 1.29 is 14.3 Å². The Morgan fingerprint density at radius 2 is 1.90 bits per heavy atom. The fourth-order valence-electron chi connectivity index (χ4n) is 4.04. The van der Waals surface area contributed by atoms with Crippen LogP contribution in [0.3, 0.4) is 0 Å². The van der Waals surface area contributed by atoms with Gasteiger partial charge in [0.2, 0.25) is 11.9 Å². The van der Waals surface area contributed by atoms with Crippen molar-refractivity contribution in [1.29, 1.82) is 0 Å². The first kappa shape index (κ1) is 19.2. The van der Waals surface area contributed by atoms with Gasteiger partial charge in [0.15, 0.2) is 5.92 Å². The van der Waals surface area contributed by atoms with Gasteiger partial charge in [-0.3, -0.25) is 14.9 Å². The number of guanidine groups is 1. The van der Waals surface area contributed by atoms with Crippen LogP contribution in [0.15, 0.2) is 53.5 Å². The monoisotopic (exact) mass is 391 g/mol. The molecular formula is C23H25N3O3. The standard InChI is InChI=1S/C23H25N3O3/c1-3-29-22(28)19-20(18-11-7-4-8-15(18)2)24-23(25-21(19)27)26-13-12-16-9-5-6-10-17(16)14-26/h4-11,19-20H,3,12-14H2,1-2H3,(H,24,25,27)/t19-,20+/m1/s1. The summed E-state index contributed by atoms with van der Waals surface area (Å²) >= 11 is 0. The Kier molecular flexibility index (Phi) is 5.34. The van der Waals surface area contributed by atoms with E-state index in [1.807, 2.05) is 43.3 Å². The molecule has 0 bridgehead atoms. The topological polar surface area (TPSA) is 71.0 Å². The Morgan fingerprint density at radius 3 is 2.66 bits per heavy atom. The molecule has 4 rings (SSSR count). The average molecular weight is 391 g/mol. The van der Waals surface area contributed by atoms with Gasteiger partial charge in [0.05, 0.1) is 6.61 Å². The lowest BCUT2D eigenvalue weighted by atomic mass is 9.89. The van der Waals surface area contributed by atoms with Crippen molar-refractivity contribution in [3.63, 3.8) is 0 Å². The van der Waals surface area contributed by atoms with Gasteiger partial charge in [0, 0.05) is 13.1 Å². The third-order valence-corrected chi connectivity index (χ3v) is 5.57. The second-order valence-corrected chi connectivity index (χ2v) is 7.41. The third kappa shape index (κ3) is 3.75. The van der Waals surface area contributed by atoms with E-state index in [1.165, 1.54) is 11.1 Å². The SMILES string of the molecule is CCOC(=O)[C@H]1C(=O)NC(N2CCc3ccccc3C2)=N[C@H]1c1ccccc1C. The van der Waals surface area contributed by atoms with E-state index in [0.717, 1.165) is 24.1 Å². The Hall–Kier alpha value is -3.15. The van der Waals surface area contributed by atoms with E-state index in [4.69, 9.17) is 9.73 Å². The van der Waals surface area contributed by atoms with E-state index in [9.17, 15) is 9.59 Å². The molecule has 2 aliphatic rings. The molecular weight excluding hydrogens is 366 g/mol. The lowest BCUT2D eigenvalue weighted by Gasteiger charge is -2.36. The number of esters is 1. The molecule has 1 amide bonds. The maximum atomic E-state index is 13.0. The average Bonchev–Trinajstić information content (AvgIpc) is 2.73. The third-order valence-electron chi connectivity index (χ3n) is 5.57. The number of benzene rings is 2. The fraction of sp³-hybridized carbons (Fsp3) is 0.348. The number of fused-ring (bicyclic) bond motifs is 1. The second kappa shape index (κ2) is 8.07. The number of aliphatic imine (C=N–C) groups is 1. The smallest absolute Gasteiger partial charge is 0.321 e. The number of nitrogens with zero attached hydrogens (tertiary/aromatic N) is 2. The van der Waals surface area contributed by atoms with Crippen molar-refractivity contribution in [3.05, 3.63) is 70.8 Å². The molecule has 0 saturated heterocycles. The highest BCUT2D eigenvalue weighted by atomic mass is 16.5. The molecule has 2 aliphatic heterocycles. The van der Waals surface area contributed by atoms with E-state index in [0.29, 0.717) is 12.5 Å². The summed E-state index contributed by atoms with van der Waals surface area (Å²) in [6.45, 7) is 5.38. The molecule has 29 heavy (non-hydrogen) atoms. The van der Waals surface area contributed by atoms with Gasteiger partial charge in [-0.15, -0.1) is 0 Å². The molecule has 0 fully saturated rings. The molecule has 2 aromatic carbocycles. The lowest BCUT2D eigenvalue weighted by Crippen LogP contribution is -2.53. The molecule has 6 heteroatoms. The summed E-state index contributed by atoms with van der Waals surface area (Å²) in [5.41, 5.74) is 4.42. The zero-order chi connectivity index (χ0) is 20.4. The number of rotatable bonds is 3. The molecule has 0 aromatic heterocycles. The Morgan fingerprint density at radius 1 is 1.17 bits per heavy atom. The summed E-state index contributed by atoms with van der Waals surface area (Å²) < 4.78 is 5.19. The number of ether oxygens (including phenoxy) is 1. The van der Waals surface area contributed by atoms with E-state index >= 15 is 0 Å². The summed E-state index contributed by atoms with van der Waals surface area (Å²) in [6, 6.07) is 15.5. The van der Waals surface area contributed by atoms with Crippen LogP contribution >= 0.6 is 0 Å². The molecule has 2 heterocycles. The van der Waals surface area contributed by atoms with Crippen LogP contribution in [0.25, 0.3) is 0 Å². The summed E-state index contributed by atoms with van der Waals surface area (Å²) in [5.74, 6) is -1.36.